The fourth-order valence-electron chi connectivity index (χ4n) is 2.51. The number of carbonyl (C=O) groups is 1. The number of benzene rings is 2. The molecule has 124 valence electrons. The SMILES string of the molecule is [C-]#[N+]c1cc(-c2nc(C)c(C(=O)O)[se]2)ccc1-c1cccc(OC)c1. The molecule has 3 rings (SSSR count). The first-order valence-electron chi connectivity index (χ1n) is 7.40. The molecule has 25 heavy (non-hydrogen) atoms. The maximum atomic E-state index is 11.2. The fourth-order valence-corrected chi connectivity index (χ4v) is 4.40. The van der Waals surface area contributed by atoms with Crippen molar-refractivity contribution in [2.75, 3.05) is 7.11 Å². The predicted octanol–water partition coefficient (Wildman–Crippen LogP) is 4.04. The van der Waals surface area contributed by atoms with Crippen LogP contribution in [0.25, 0.3) is 26.1 Å². The summed E-state index contributed by atoms with van der Waals surface area (Å²) in [4.78, 5) is 19.3. The van der Waals surface area contributed by atoms with Crippen molar-refractivity contribution in [1.82, 2.24) is 4.98 Å². The molecule has 0 aliphatic heterocycles. The number of hydrogen-bond acceptors (Lipinski definition) is 3. The molecule has 0 unspecified atom stereocenters. The first-order valence-corrected chi connectivity index (χ1v) is 9.12. The summed E-state index contributed by atoms with van der Waals surface area (Å²) in [5.41, 5.74) is 3.56. The number of carboxylic acids is 1. The van der Waals surface area contributed by atoms with Crippen molar-refractivity contribution in [2.45, 2.75) is 6.92 Å². The molecule has 1 heterocycles. The number of nitrogens with zero attached hydrogens (tertiary/aromatic N) is 2. The van der Waals surface area contributed by atoms with Gasteiger partial charge in [0.1, 0.15) is 0 Å². The van der Waals surface area contributed by atoms with Crippen molar-refractivity contribution in [2.24, 2.45) is 0 Å². The average molecular weight is 397 g/mol. The van der Waals surface area contributed by atoms with Gasteiger partial charge in [-0.2, -0.15) is 0 Å². The molecule has 5 nitrogen and oxygen atoms in total. The van der Waals surface area contributed by atoms with Gasteiger partial charge in [-0.1, -0.05) is 0 Å². The number of hydrogen-bond donors (Lipinski definition) is 1. The van der Waals surface area contributed by atoms with Crippen molar-refractivity contribution in [3.05, 3.63) is 64.0 Å². The molecule has 0 bridgehead atoms. The summed E-state index contributed by atoms with van der Waals surface area (Å²) in [6.45, 7) is 9.21. The van der Waals surface area contributed by atoms with Gasteiger partial charge in [0.2, 0.25) is 0 Å². The zero-order chi connectivity index (χ0) is 18.0. The molecular weight excluding hydrogens is 383 g/mol. The Morgan fingerprint density at radius 3 is 2.68 bits per heavy atom. The Balaban J connectivity index is 2.07. The van der Waals surface area contributed by atoms with E-state index in [1.807, 2.05) is 36.4 Å². The van der Waals surface area contributed by atoms with Gasteiger partial charge in [0.25, 0.3) is 0 Å². The van der Waals surface area contributed by atoms with E-state index in [1.54, 1.807) is 20.1 Å². The standard InChI is InChI=1S/C19H14N2O3Se/c1-11-17(19(22)23)25-18(21-11)13-7-8-15(16(10-13)20-2)12-5-4-6-14(9-12)24-3/h4-10H,1,3H3,(H,22,23). The summed E-state index contributed by atoms with van der Waals surface area (Å²) < 4.78 is 6.35. The molecule has 1 N–H and O–H groups in total. The molecule has 0 saturated heterocycles. The summed E-state index contributed by atoms with van der Waals surface area (Å²) in [7, 11) is 1.60. The van der Waals surface area contributed by atoms with Crippen LogP contribution in [0.3, 0.4) is 0 Å². The summed E-state index contributed by atoms with van der Waals surface area (Å²) in [6.07, 6.45) is 0. The topological polar surface area (TPSA) is 63.8 Å². The molecule has 2 aromatic carbocycles. The Morgan fingerprint density at radius 1 is 1.24 bits per heavy atom. The quantitative estimate of drug-likeness (QED) is 0.533. The van der Waals surface area contributed by atoms with Gasteiger partial charge >= 0.3 is 151 Å². The minimum absolute atomic E-state index is 0.354. The molecule has 0 atom stereocenters. The molecule has 1 aromatic heterocycles. The first-order chi connectivity index (χ1) is 12.0. The van der Waals surface area contributed by atoms with Gasteiger partial charge in [0.15, 0.2) is 0 Å². The van der Waals surface area contributed by atoms with E-state index in [0.717, 1.165) is 27.0 Å². The van der Waals surface area contributed by atoms with Crippen molar-refractivity contribution in [3.8, 4) is 27.0 Å². The number of rotatable bonds is 4. The molecule has 0 spiro atoms. The van der Waals surface area contributed by atoms with Crippen molar-refractivity contribution in [3.63, 3.8) is 0 Å². The molecular formula is C19H14N2O3Se. The number of aromatic nitrogens is 1. The fraction of sp³-hybridized carbons (Fsp3) is 0.105. The van der Waals surface area contributed by atoms with E-state index in [1.165, 1.54) is 0 Å². The van der Waals surface area contributed by atoms with Crippen molar-refractivity contribution >= 4 is 26.2 Å². The summed E-state index contributed by atoms with van der Waals surface area (Å²) in [5.74, 6) is -0.193. The van der Waals surface area contributed by atoms with E-state index in [0.29, 0.717) is 15.8 Å². The molecule has 0 amide bonds. The van der Waals surface area contributed by atoms with Crippen LogP contribution in [-0.4, -0.2) is 37.7 Å². The van der Waals surface area contributed by atoms with E-state index in [9.17, 15) is 9.90 Å². The molecule has 0 fully saturated rings. The second kappa shape index (κ2) is 6.94. The monoisotopic (exact) mass is 398 g/mol. The van der Waals surface area contributed by atoms with Crippen LogP contribution in [0.15, 0.2) is 42.5 Å². The maximum absolute atomic E-state index is 11.2. The van der Waals surface area contributed by atoms with Gasteiger partial charge in [-0.3, -0.25) is 0 Å². The second-order valence-electron chi connectivity index (χ2n) is 5.31. The van der Waals surface area contributed by atoms with Crippen LogP contribution in [0.2, 0.25) is 0 Å². The van der Waals surface area contributed by atoms with Crippen LogP contribution in [0.5, 0.6) is 5.75 Å². The van der Waals surface area contributed by atoms with E-state index in [4.69, 9.17) is 11.3 Å². The van der Waals surface area contributed by atoms with Gasteiger partial charge < -0.3 is 0 Å². The Kier molecular flexibility index (Phi) is 4.71. The average Bonchev–Trinajstić information content (AvgIpc) is 3.03. The van der Waals surface area contributed by atoms with Gasteiger partial charge in [0.05, 0.1) is 0 Å². The van der Waals surface area contributed by atoms with Crippen molar-refractivity contribution in [1.29, 1.82) is 0 Å². The summed E-state index contributed by atoms with van der Waals surface area (Å²) in [5, 5.41) is 9.22. The zero-order valence-corrected chi connectivity index (χ0v) is 15.3. The third-order valence-electron chi connectivity index (χ3n) is 3.74. The minimum atomic E-state index is -0.922. The van der Waals surface area contributed by atoms with Crippen LogP contribution in [-0.2, 0) is 0 Å². The Hall–Kier alpha value is -2.87. The van der Waals surface area contributed by atoms with Crippen molar-refractivity contribution < 1.29 is 14.6 Å². The molecule has 3 aromatic rings. The molecule has 0 radical (unpaired) electrons. The van der Waals surface area contributed by atoms with E-state index >= 15 is 0 Å². The normalized spacial score (nSPS) is 10.3. The molecule has 0 aliphatic rings. The number of aryl methyl sites for hydroxylation is 1. The number of aromatic carboxylic acids is 1. The summed E-state index contributed by atoms with van der Waals surface area (Å²) >= 11 is -0.354. The molecule has 0 aliphatic carbocycles. The third kappa shape index (κ3) is 3.34. The van der Waals surface area contributed by atoms with Crippen LogP contribution >= 0.6 is 0 Å². The first kappa shape index (κ1) is 17.0. The van der Waals surface area contributed by atoms with E-state index < -0.39 is 5.97 Å². The predicted molar refractivity (Wildman–Crippen MR) is 96.6 cm³/mol. The van der Waals surface area contributed by atoms with Crippen LogP contribution in [0, 0.1) is 13.5 Å². The van der Waals surface area contributed by atoms with Gasteiger partial charge in [-0.25, -0.2) is 0 Å². The Labute approximate surface area is 151 Å². The number of ether oxygens (including phenoxy) is 1. The van der Waals surface area contributed by atoms with Gasteiger partial charge in [0, 0.05) is 0 Å². The Bertz CT molecular complexity index is 1000. The van der Waals surface area contributed by atoms with Crippen LogP contribution in [0.1, 0.15) is 14.9 Å². The van der Waals surface area contributed by atoms with Gasteiger partial charge in [-0.15, -0.1) is 0 Å². The molecule has 6 heteroatoms. The van der Waals surface area contributed by atoms with Crippen LogP contribution < -0.4 is 4.74 Å². The van der Waals surface area contributed by atoms with E-state index in [-0.39, 0.29) is 14.5 Å². The molecule has 0 saturated carbocycles. The van der Waals surface area contributed by atoms with E-state index in [2.05, 4.69) is 9.83 Å². The zero-order valence-electron chi connectivity index (χ0n) is 13.6. The van der Waals surface area contributed by atoms with Crippen LogP contribution in [0.4, 0.5) is 5.69 Å². The Morgan fingerprint density at radius 2 is 2.04 bits per heavy atom. The van der Waals surface area contributed by atoms with Gasteiger partial charge in [-0.05, 0) is 0 Å². The number of methoxy groups -OCH3 is 1. The summed E-state index contributed by atoms with van der Waals surface area (Å²) in [6, 6.07) is 13.1. The second-order valence-corrected chi connectivity index (χ2v) is 7.41. The number of carboxylic acid groups (broad SMARTS) is 1. The third-order valence-corrected chi connectivity index (χ3v) is 6.24.